The quantitative estimate of drug-likeness (QED) is 0.604. The zero-order chi connectivity index (χ0) is 11.5. The Morgan fingerprint density at radius 1 is 1.62 bits per heavy atom. The van der Waals surface area contributed by atoms with Crippen molar-refractivity contribution in [3.05, 3.63) is 28.3 Å². The lowest BCUT2D eigenvalue weighted by atomic mass is 10.1. The highest BCUT2D eigenvalue weighted by Crippen LogP contribution is 2.32. The van der Waals surface area contributed by atoms with Crippen molar-refractivity contribution in [1.29, 1.82) is 0 Å². The average molecular weight is 240 g/mol. The molecule has 0 bridgehead atoms. The molecule has 0 amide bonds. The van der Waals surface area contributed by atoms with E-state index in [4.69, 9.17) is 22.1 Å². The molecular weight excluding hydrogens is 226 g/mol. The number of nitrogens with one attached hydrogen (secondary N) is 1. The van der Waals surface area contributed by atoms with Crippen molar-refractivity contribution in [2.45, 2.75) is 13.0 Å². The summed E-state index contributed by atoms with van der Waals surface area (Å²) in [4.78, 5) is 3.83. The van der Waals surface area contributed by atoms with Gasteiger partial charge in [0.05, 0.1) is 6.61 Å². The van der Waals surface area contributed by atoms with Gasteiger partial charge in [-0.3, -0.25) is 4.99 Å². The van der Waals surface area contributed by atoms with Crippen molar-refractivity contribution in [2.24, 2.45) is 10.7 Å². The lowest BCUT2D eigenvalue weighted by Gasteiger charge is -2.10. The molecule has 1 aromatic carbocycles. The molecule has 0 aromatic heterocycles. The van der Waals surface area contributed by atoms with Gasteiger partial charge in [-0.25, -0.2) is 0 Å². The summed E-state index contributed by atoms with van der Waals surface area (Å²) in [5.74, 6) is 1.34. The zero-order valence-corrected chi connectivity index (χ0v) is 9.84. The van der Waals surface area contributed by atoms with Crippen LogP contribution in [0.4, 0.5) is 0 Å². The fourth-order valence-electron chi connectivity index (χ4n) is 1.74. The van der Waals surface area contributed by atoms with Crippen LogP contribution >= 0.6 is 11.6 Å². The molecule has 4 nitrogen and oxygen atoms in total. The lowest BCUT2D eigenvalue weighted by molar-refractivity contribution is 0.353. The van der Waals surface area contributed by atoms with Gasteiger partial charge < -0.3 is 15.8 Å². The van der Waals surface area contributed by atoms with Crippen LogP contribution in [0, 0.1) is 0 Å². The van der Waals surface area contributed by atoms with Crippen molar-refractivity contribution in [2.75, 3.05) is 13.7 Å². The van der Waals surface area contributed by atoms with E-state index in [0.717, 1.165) is 34.9 Å². The van der Waals surface area contributed by atoms with E-state index < -0.39 is 0 Å². The molecule has 0 unspecified atom stereocenters. The molecule has 0 spiro atoms. The number of nitrogens with zero attached hydrogens (tertiary/aromatic N) is 1. The minimum atomic E-state index is 0.409. The molecule has 1 heterocycles. The largest absolute Gasteiger partial charge is 0.493 e. The van der Waals surface area contributed by atoms with Crippen LogP contribution in [0.3, 0.4) is 0 Å². The monoisotopic (exact) mass is 239 g/mol. The van der Waals surface area contributed by atoms with E-state index >= 15 is 0 Å². The van der Waals surface area contributed by atoms with Crippen molar-refractivity contribution in [1.82, 2.24) is 5.32 Å². The first-order chi connectivity index (χ1) is 7.70. The molecule has 2 rings (SSSR count). The first-order valence-corrected chi connectivity index (χ1v) is 5.48. The number of ether oxygens (including phenoxy) is 1. The zero-order valence-electron chi connectivity index (χ0n) is 9.09. The number of guanidine groups is 1. The van der Waals surface area contributed by atoms with Gasteiger partial charge in [0.25, 0.3) is 0 Å². The van der Waals surface area contributed by atoms with Crippen molar-refractivity contribution in [3.8, 4) is 5.75 Å². The fourth-order valence-corrected chi connectivity index (χ4v) is 2.01. The number of rotatable bonds is 2. The highest BCUT2D eigenvalue weighted by Gasteiger charge is 2.17. The highest BCUT2D eigenvalue weighted by molar-refractivity contribution is 6.30. The first-order valence-electron chi connectivity index (χ1n) is 5.11. The minimum Gasteiger partial charge on any atom is -0.493 e. The lowest BCUT2D eigenvalue weighted by Crippen LogP contribution is -2.30. The maximum atomic E-state index is 6.03. The van der Waals surface area contributed by atoms with E-state index in [0.29, 0.717) is 12.5 Å². The Hall–Kier alpha value is -1.42. The number of halogens is 1. The molecule has 1 aromatic rings. The predicted octanol–water partition coefficient (Wildman–Crippen LogP) is 1.31. The molecule has 5 heteroatoms. The topological polar surface area (TPSA) is 59.6 Å². The molecule has 0 aliphatic carbocycles. The van der Waals surface area contributed by atoms with E-state index in [1.54, 1.807) is 7.05 Å². The molecule has 0 atom stereocenters. The van der Waals surface area contributed by atoms with Gasteiger partial charge in [0.15, 0.2) is 5.96 Å². The average Bonchev–Trinajstić information content (AvgIpc) is 2.73. The third kappa shape index (κ3) is 2.22. The second-order valence-electron chi connectivity index (χ2n) is 3.61. The fraction of sp³-hybridized carbons (Fsp3) is 0.364. The standard InChI is InChI=1S/C11H14ClN3O/c1-14-11(13)15-6-8-5-9(12)4-7-2-3-16-10(7)8/h4-5H,2-3,6H2,1H3,(H3,13,14,15). The van der Waals surface area contributed by atoms with E-state index in [1.807, 2.05) is 12.1 Å². The maximum Gasteiger partial charge on any atom is 0.188 e. The molecule has 16 heavy (non-hydrogen) atoms. The normalized spacial score (nSPS) is 14.5. The number of fused-ring (bicyclic) bond motifs is 1. The van der Waals surface area contributed by atoms with Crippen LogP contribution in [0.25, 0.3) is 0 Å². The summed E-state index contributed by atoms with van der Waals surface area (Å²) in [6.07, 6.45) is 0.917. The van der Waals surface area contributed by atoms with E-state index in [2.05, 4.69) is 10.3 Å². The number of benzene rings is 1. The van der Waals surface area contributed by atoms with Gasteiger partial charge in [-0.1, -0.05) is 11.6 Å². The maximum absolute atomic E-state index is 6.03. The predicted molar refractivity (Wildman–Crippen MR) is 65.0 cm³/mol. The van der Waals surface area contributed by atoms with Gasteiger partial charge in [-0.05, 0) is 17.7 Å². The van der Waals surface area contributed by atoms with Crippen LogP contribution in [0.15, 0.2) is 17.1 Å². The van der Waals surface area contributed by atoms with Crippen LogP contribution in [-0.2, 0) is 13.0 Å². The molecule has 86 valence electrons. The number of nitrogens with two attached hydrogens (primary N) is 1. The van der Waals surface area contributed by atoms with E-state index in [9.17, 15) is 0 Å². The van der Waals surface area contributed by atoms with E-state index in [-0.39, 0.29) is 0 Å². The van der Waals surface area contributed by atoms with Gasteiger partial charge in [0, 0.05) is 30.6 Å². The Balaban J connectivity index is 2.20. The van der Waals surface area contributed by atoms with Crippen molar-refractivity contribution >= 4 is 17.6 Å². The summed E-state index contributed by atoms with van der Waals surface area (Å²) in [7, 11) is 1.64. The number of hydrogen-bond donors (Lipinski definition) is 2. The summed E-state index contributed by atoms with van der Waals surface area (Å²) in [6, 6.07) is 3.84. The molecule has 1 aliphatic rings. The molecule has 0 radical (unpaired) electrons. The smallest absolute Gasteiger partial charge is 0.188 e. The van der Waals surface area contributed by atoms with Crippen LogP contribution < -0.4 is 15.8 Å². The van der Waals surface area contributed by atoms with Gasteiger partial charge in [0.1, 0.15) is 5.75 Å². The van der Waals surface area contributed by atoms with Crippen molar-refractivity contribution in [3.63, 3.8) is 0 Å². The highest BCUT2D eigenvalue weighted by atomic mass is 35.5. The summed E-state index contributed by atoms with van der Waals surface area (Å²) < 4.78 is 5.57. The van der Waals surface area contributed by atoms with Crippen LogP contribution in [0.5, 0.6) is 5.75 Å². The molecule has 1 aliphatic heterocycles. The Labute approximate surface area is 99.5 Å². The number of hydrogen-bond acceptors (Lipinski definition) is 2. The molecule has 3 N–H and O–H groups in total. The first kappa shape index (κ1) is 11.1. The molecule has 0 saturated carbocycles. The van der Waals surface area contributed by atoms with E-state index in [1.165, 1.54) is 0 Å². The summed E-state index contributed by atoms with van der Waals surface area (Å²) >= 11 is 6.03. The van der Waals surface area contributed by atoms with Gasteiger partial charge in [0.2, 0.25) is 0 Å². The van der Waals surface area contributed by atoms with Crippen LogP contribution in [-0.4, -0.2) is 19.6 Å². The minimum absolute atomic E-state index is 0.409. The van der Waals surface area contributed by atoms with Crippen molar-refractivity contribution < 1.29 is 4.74 Å². The molecule has 0 fully saturated rings. The van der Waals surface area contributed by atoms with Crippen LogP contribution in [0.2, 0.25) is 5.02 Å². The summed E-state index contributed by atoms with van der Waals surface area (Å²) in [6.45, 7) is 1.30. The Morgan fingerprint density at radius 2 is 2.44 bits per heavy atom. The van der Waals surface area contributed by atoms with Gasteiger partial charge in [-0.2, -0.15) is 0 Å². The third-order valence-corrected chi connectivity index (χ3v) is 2.74. The second-order valence-corrected chi connectivity index (χ2v) is 4.05. The van der Waals surface area contributed by atoms with Gasteiger partial charge in [-0.15, -0.1) is 0 Å². The third-order valence-electron chi connectivity index (χ3n) is 2.53. The van der Waals surface area contributed by atoms with Crippen LogP contribution in [0.1, 0.15) is 11.1 Å². The SMILES string of the molecule is CN=C(N)NCc1cc(Cl)cc2c1OCC2. The Kier molecular flexibility index (Phi) is 3.19. The Morgan fingerprint density at radius 3 is 3.19 bits per heavy atom. The summed E-state index contributed by atoms with van der Waals surface area (Å²) in [5.41, 5.74) is 7.75. The summed E-state index contributed by atoms with van der Waals surface area (Å²) in [5, 5.41) is 3.72. The van der Waals surface area contributed by atoms with Gasteiger partial charge >= 0.3 is 0 Å². The second kappa shape index (κ2) is 4.61. The molecule has 0 saturated heterocycles. The molecular formula is C11H14ClN3O. The number of aliphatic imine (C=N–C) groups is 1. The Bertz CT molecular complexity index is 431.